The minimum Gasteiger partial charge on any atom is -0.327 e. The van der Waals surface area contributed by atoms with Gasteiger partial charge in [0.1, 0.15) is 5.69 Å². The van der Waals surface area contributed by atoms with Gasteiger partial charge in [-0.05, 0) is 28.8 Å². The molecule has 1 atom stereocenters. The molecular formula is C22H28N4S. The molecule has 4 nitrogen and oxygen atoms in total. The molecular weight excluding hydrogens is 352 g/mol. The van der Waals surface area contributed by atoms with E-state index in [2.05, 4.69) is 77.5 Å². The van der Waals surface area contributed by atoms with Crippen LogP contribution in [-0.4, -0.2) is 33.8 Å². The lowest BCUT2D eigenvalue weighted by atomic mass is 9.79. The molecule has 0 aliphatic carbocycles. The van der Waals surface area contributed by atoms with Gasteiger partial charge in [-0.2, -0.15) is 5.10 Å². The normalized spacial score (nSPS) is 20.0. The van der Waals surface area contributed by atoms with Crippen molar-refractivity contribution in [3.63, 3.8) is 0 Å². The molecule has 1 aliphatic rings. The Morgan fingerprint density at radius 3 is 2.67 bits per heavy atom. The van der Waals surface area contributed by atoms with E-state index in [1.165, 1.54) is 16.0 Å². The van der Waals surface area contributed by atoms with Crippen LogP contribution in [0.4, 0.5) is 0 Å². The van der Waals surface area contributed by atoms with Crippen LogP contribution in [0.15, 0.2) is 54.0 Å². The number of nitrogens with two attached hydrogens (primary N) is 1. The number of thiophene rings is 1. The van der Waals surface area contributed by atoms with E-state index >= 15 is 0 Å². The van der Waals surface area contributed by atoms with Gasteiger partial charge in [-0.25, -0.2) is 0 Å². The fourth-order valence-corrected chi connectivity index (χ4v) is 4.66. The van der Waals surface area contributed by atoms with Gasteiger partial charge in [0, 0.05) is 37.4 Å². The van der Waals surface area contributed by atoms with Crippen LogP contribution >= 0.6 is 11.3 Å². The van der Waals surface area contributed by atoms with Crippen LogP contribution in [0.2, 0.25) is 0 Å². The smallest absolute Gasteiger partial charge is 0.107 e. The lowest BCUT2D eigenvalue weighted by Crippen LogP contribution is -2.52. The maximum atomic E-state index is 6.32. The Morgan fingerprint density at radius 2 is 1.96 bits per heavy atom. The lowest BCUT2D eigenvalue weighted by molar-refractivity contribution is 0.0900. The van der Waals surface area contributed by atoms with Crippen molar-refractivity contribution in [2.24, 2.45) is 11.1 Å². The number of benzene rings is 1. The minimum absolute atomic E-state index is 0.154. The molecule has 1 fully saturated rings. The summed E-state index contributed by atoms with van der Waals surface area (Å²) in [6.45, 7) is 8.37. The number of likely N-dealkylation sites (tertiary alicyclic amines) is 1. The Bertz CT molecular complexity index is 867. The van der Waals surface area contributed by atoms with Gasteiger partial charge in [0.2, 0.25) is 0 Å². The number of nitrogens with zero attached hydrogens (tertiary/aromatic N) is 3. The van der Waals surface area contributed by atoms with Crippen LogP contribution in [0.25, 0.3) is 10.6 Å². The fourth-order valence-electron chi connectivity index (χ4n) is 3.91. The van der Waals surface area contributed by atoms with Gasteiger partial charge in [0.15, 0.2) is 0 Å². The molecule has 4 rings (SSSR count). The molecule has 0 bridgehead atoms. The van der Waals surface area contributed by atoms with Gasteiger partial charge >= 0.3 is 0 Å². The molecule has 2 aromatic heterocycles. The Kier molecular flexibility index (Phi) is 5.17. The van der Waals surface area contributed by atoms with E-state index in [-0.39, 0.29) is 11.5 Å². The molecule has 2 N–H and O–H groups in total. The molecule has 0 amide bonds. The summed E-state index contributed by atoms with van der Waals surface area (Å²) in [5, 5.41) is 7.06. The third-order valence-corrected chi connectivity index (χ3v) is 6.44. The predicted molar refractivity (Wildman–Crippen MR) is 113 cm³/mol. The van der Waals surface area contributed by atoms with Gasteiger partial charge < -0.3 is 5.73 Å². The predicted octanol–water partition coefficient (Wildman–Crippen LogP) is 4.22. The number of piperidine rings is 1. The maximum absolute atomic E-state index is 6.32. The molecule has 5 heteroatoms. The summed E-state index contributed by atoms with van der Waals surface area (Å²) in [5.74, 6) is 0. The first-order valence-corrected chi connectivity index (χ1v) is 10.5. The van der Waals surface area contributed by atoms with Crippen molar-refractivity contribution in [1.29, 1.82) is 0 Å². The van der Waals surface area contributed by atoms with E-state index in [9.17, 15) is 0 Å². The molecule has 1 aliphatic heterocycles. The summed E-state index contributed by atoms with van der Waals surface area (Å²) in [7, 11) is 0. The van der Waals surface area contributed by atoms with Crippen molar-refractivity contribution in [2.45, 2.75) is 39.4 Å². The Morgan fingerprint density at radius 1 is 1.15 bits per heavy atom. The monoisotopic (exact) mass is 380 g/mol. The zero-order chi connectivity index (χ0) is 18.9. The second-order valence-electron chi connectivity index (χ2n) is 8.26. The molecule has 0 spiro atoms. The summed E-state index contributed by atoms with van der Waals surface area (Å²) >= 11 is 1.76. The lowest BCUT2D eigenvalue weighted by Gasteiger charge is -2.42. The molecule has 1 aromatic carbocycles. The van der Waals surface area contributed by atoms with Crippen molar-refractivity contribution < 1.29 is 0 Å². The maximum Gasteiger partial charge on any atom is 0.107 e. The summed E-state index contributed by atoms with van der Waals surface area (Å²) in [5.41, 5.74) is 10.2. The summed E-state index contributed by atoms with van der Waals surface area (Å²) in [6.07, 6.45) is 3.28. The molecule has 1 unspecified atom stereocenters. The quantitative estimate of drug-likeness (QED) is 0.721. The van der Waals surface area contributed by atoms with Crippen LogP contribution in [0, 0.1) is 5.41 Å². The first-order valence-electron chi connectivity index (χ1n) is 9.63. The zero-order valence-corrected chi connectivity index (χ0v) is 17.0. The van der Waals surface area contributed by atoms with Gasteiger partial charge in [0.05, 0.1) is 11.4 Å². The first-order chi connectivity index (χ1) is 13.0. The average Bonchev–Trinajstić information content (AvgIpc) is 3.29. The molecule has 0 saturated carbocycles. The molecule has 27 heavy (non-hydrogen) atoms. The van der Waals surface area contributed by atoms with Crippen molar-refractivity contribution >= 4 is 11.3 Å². The van der Waals surface area contributed by atoms with E-state index in [4.69, 9.17) is 10.8 Å². The standard InChI is InChI=1S/C22H28N4S/c1-22(2)16-25(11-10-20(22)23)14-18-15-26(13-17-7-4-3-5-8-17)24-21(18)19-9-6-12-27-19/h3-9,12,15,20H,10-11,13-14,16,23H2,1-2H3. The summed E-state index contributed by atoms with van der Waals surface area (Å²) < 4.78 is 2.08. The van der Waals surface area contributed by atoms with E-state index in [0.717, 1.165) is 38.3 Å². The number of aromatic nitrogens is 2. The van der Waals surface area contributed by atoms with Gasteiger partial charge in [-0.15, -0.1) is 11.3 Å². The zero-order valence-electron chi connectivity index (χ0n) is 16.1. The van der Waals surface area contributed by atoms with Crippen LogP contribution in [0.1, 0.15) is 31.4 Å². The van der Waals surface area contributed by atoms with Crippen LogP contribution in [0.3, 0.4) is 0 Å². The fraction of sp³-hybridized carbons (Fsp3) is 0.409. The molecule has 1 saturated heterocycles. The summed E-state index contributed by atoms with van der Waals surface area (Å²) in [4.78, 5) is 3.77. The molecule has 0 radical (unpaired) electrons. The van der Waals surface area contributed by atoms with Gasteiger partial charge in [-0.3, -0.25) is 9.58 Å². The second kappa shape index (κ2) is 7.58. The highest BCUT2D eigenvalue weighted by molar-refractivity contribution is 7.13. The van der Waals surface area contributed by atoms with E-state index in [1.807, 2.05) is 0 Å². The molecule has 142 valence electrons. The Balaban J connectivity index is 1.59. The first kappa shape index (κ1) is 18.4. The number of hydrogen-bond donors (Lipinski definition) is 1. The third kappa shape index (κ3) is 4.15. The number of rotatable bonds is 5. The van der Waals surface area contributed by atoms with Gasteiger partial charge in [0.25, 0.3) is 0 Å². The topological polar surface area (TPSA) is 47.1 Å². The Hall–Kier alpha value is -1.95. The van der Waals surface area contributed by atoms with Crippen LogP contribution < -0.4 is 5.73 Å². The van der Waals surface area contributed by atoms with E-state index in [0.29, 0.717) is 0 Å². The van der Waals surface area contributed by atoms with Crippen molar-refractivity contribution in [3.05, 3.63) is 65.2 Å². The second-order valence-corrected chi connectivity index (χ2v) is 9.21. The third-order valence-electron chi connectivity index (χ3n) is 5.56. The average molecular weight is 381 g/mol. The number of hydrogen-bond acceptors (Lipinski definition) is 4. The SMILES string of the molecule is CC1(C)CN(Cc2cn(Cc3ccccc3)nc2-c2cccs2)CCC1N. The minimum atomic E-state index is 0.154. The van der Waals surface area contributed by atoms with Crippen molar-refractivity contribution in [3.8, 4) is 10.6 Å². The molecule has 3 heterocycles. The van der Waals surface area contributed by atoms with E-state index in [1.54, 1.807) is 11.3 Å². The Labute approximate surface area is 165 Å². The molecule has 3 aromatic rings. The largest absolute Gasteiger partial charge is 0.327 e. The van der Waals surface area contributed by atoms with Crippen LogP contribution in [0.5, 0.6) is 0 Å². The van der Waals surface area contributed by atoms with Gasteiger partial charge in [-0.1, -0.05) is 50.2 Å². The highest BCUT2D eigenvalue weighted by Gasteiger charge is 2.33. The highest BCUT2D eigenvalue weighted by Crippen LogP contribution is 2.32. The van der Waals surface area contributed by atoms with Crippen LogP contribution in [-0.2, 0) is 13.1 Å². The van der Waals surface area contributed by atoms with Crippen molar-refractivity contribution in [1.82, 2.24) is 14.7 Å². The van der Waals surface area contributed by atoms with E-state index < -0.39 is 0 Å². The highest BCUT2D eigenvalue weighted by atomic mass is 32.1. The summed E-state index contributed by atoms with van der Waals surface area (Å²) in [6, 6.07) is 15.1. The van der Waals surface area contributed by atoms with Crippen molar-refractivity contribution in [2.75, 3.05) is 13.1 Å².